The van der Waals surface area contributed by atoms with E-state index in [1.54, 1.807) is 23.7 Å². The van der Waals surface area contributed by atoms with Gasteiger partial charge in [-0.2, -0.15) is 5.10 Å². The molecule has 0 spiro atoms. The number of aromatic nitrogens is 5. The number of thiazole rings is 1. The number of nitrogens with one attached hydrogen (secondary N) is 1. The molecule has 3 aromatic rings. The van der Waals surface area contributed by atoms with Crippen LogP contribution in [0.2, 0.25) is 0 Å². The Kier molecular flexibility index (Phi) is 3.22. The van der Waals surface area contributed by atoms with Gasteiger partial charge in [-0.1, -0.05) is 0 Å². The molecular weight excluding hydrogens is 278 g/mol. The van der Waals surface area contributed by atoms with Crippen LogP contribution in [-0.2, 0) is 6.54 Å². The molecule has 96 valence electrons. The molecule has 0 saturated heterocycles. The molecule has 1 N–H and O–H groups in total. The van der Waals surface area contributed by atoms with Crippen LogP contribution in [0.1, 0.15) is 6.92 Å². The Morgan fingerprint density at radius 1 is 1.42 bits per heavy atom. The number of rotatable bonds is 3. The molecule has 0 atom stereocenters. The van der Waals surface area contributed by atoms with Crippen LogP contribution in [-0.4, -0.2) is 24.7 Å². The van der Waals surface area contributed by atoms with E-state index in [0.717, 1.165) is 27.8 Å². The third-order valence-electron chi connectivity index (χ3n) is 2.71. The number of nitrogens with zero attached hydrogens (tertiary/aromatic N) is 4. The summed E-state index contributed by atoms with van der Waals surface area (Å²) < 4.78 is 2.59. The maximum absolute atomic E-state index is 5.19. The molecule has 0 radical (unpaired) electrons. The summed E-state index contributed by atoms with van der Waals surface area (Å²) in [4.78, 5) is 9.52. The summed E-state index contributed by atoms with van der Waals surface area (Å²) in [6.07, 6.45) is 5.38. The Morgan fingerprint density at radius 2 is 2.32 bits per heavy atom. The minimum Gasteiger partial charge on any atom is -0.300 e. The molecule has 5 nitrogen and oxygen atoms in total. The third kappa shape index (κ3) is 2.22. The van der Waals surface area contributed by atoms with E-state index in [1.165, 1.54) is 0 Å². The molecule has 0 aliphatic rings. The Hall–Kier alpha value is -1.86. The van der Waals surface area contributed by atoms with E-state index in [9.17, 15) is 0 Å². The lowest BCUT2D eigenvalue weighted by Crippen LogP contribution is -1.96. The fourth-order valence-corrected chi connectivity index (χ4v) is 2.97. The predicted octanol–water partition coefficient (Wildman–Crippen LogP) is 3.15. The van der Waals surface area contributed by atoms with Crippen LogP contribution in [0, 0.1) is 4.77 Å². The summed E-state index contributed by atoms with van der Waals surface area (Å²) in [5.74, 6) is 0.833. The maximum Gasteiger partial charge on any atom is 0.195 e. The summed E-state index contributed by atoms with van der Waals surface area (Å²) in [5.41, 5.74) is 1.01. The lowest BCUT2D eigenvalue weighted by atomic mass is 10.3. The Morgan fingerprint density at radius 3 is 3.05 bits per heavy atom. The zero-order valence-corrected chi connectivity index (χ0v) is 11.8. The fourth-order valence-electron chi connectivity index (χ4n) is 1.80. The van der Waals surface area contributed by atoms with Gasteiger partial charge in [-0.25, -0.2) is 4.98 Å². The van der Waals surface area contributed by atoms with E-state index in [4.69, 9.17) is 12.2 Å². The van der Waals surface area contributed by atoms with Crippen LogP contribution >= 0.6 is 23.6 Å². The fraction of sp³-hybridized carbons (Fsp3) is 0.167. The molecule has 3 aromatic heterocycles. The summed E-state index contributed by atoms with van der Waals surface area (Å²) in [7, 11) is 0. The molecule has 0 fully saturated rings. The quantitative estimate of drug-likeness (QED) is 0.752. The van der Waals surface area contributed by atoms with Crippen LogP contribution in [0.15, 0.2) is 30.7 Å². The second-order valence-electron chi connectivity index (χ2n) is 3.87. The highest BCUT2D eigenvalue weighted by atomic mass is 32.1. The molecule has 0 aliphatic heterocycles. The molecule has 0 aliphatic carbocycles. The van der Waals surface area contributed by atoms with Crippen molar-refractivity contribution in [3.8, 4) is 21.3 Å². The van der Waals surface area contributed by atoms with Crippen LogP contribution in [0.5, 0.6) is 0 Å². The first-order valence-electron chi connectivity index (χ1n) is 5.81. The van der Waals surface area contributed by atoms with Crippen molar-refractivity contribution >= 4 is 23.6 Å². The highest BCUT2D eigenvalue weighted by Crippen LogP contribution is 2.30. The van der Waals surface area contributed by atoms with Gasteiger partial charge in [0.05, 0.1) is 4.88 Å². The van der Waals surface area contributed by atoms with Crippen molar-refractivity contribution in [2.45, 2.75) is 13.5 Å². The number of aromatic amines is 1. The van der Waals surface area contributed by atoms with Gasteiger partial charge in [0.1, 0.15) is 5.01 Å². The molecule has 3 rings (SSSR count). The van der Waals surface area contributed by atoms with E-state index in [2.05, 4.69) is 20.2 Å². The standard InChI is InChI=1S/C12H11N5S2/c1-2-17-10(15-16-12(17)18)9-7-14-11(19-9)8-4-3-5-13-6-8/h3-7H,2H2,1H3,(H,16,18). The average molecular weight is 289 g/mol. The first kappa shape index (κ1) is 12.2. The van der Waals surface area contributed by atoms with Crippen LogP contribution in [0.4, 0.5) is 0 Å². The van der Waals surface area contributed by atoms with Gasteiger partial charge in [0.25, 0.3) is 0 Å². The van der Waals surface area contributed by atoms with Gasteiger partial charge < -0.3 is 0 Å². The van der Waals surface area contributed by atoms with E-state index in [1.807, 2.05) is 29.8 Å². The monoisotopic (exact) mass is 289 g/mol. The van der Waals surface area contributed by atoms with E-state index >= 15 is 0 Å². The molecule has 0 saturated carbocycles. The molecule has 0 amide bonds. The van der Waals surface area contributed by atoms with Crippen LogP contribution in [0.3, 0.4) is 0 Å². The largest absolute Gasteiger partial charge is 0.300 e. The Balaban J connectivity index is 2.04. The normalized spacial score (nSPS) is 10.8. The Bertz CT molecular complexity index is 741. The second kappa shape index (κ2) is 5.02. The Labute approximate surface area is 119 Å². The van der Waals surface area contributed by atoms with Gasteiger partial charge >= 0.3 is 0 Å². The van der Waals surface area contributed by atoms with Gasteiger partial charge in [-0.15, -0.1) is 11.3 Å². The zero-order valence-electron chi connectivity index (χ0n) is 10.2. The summed E-state index contributed by atoms with van der Waals surface area (Å²) in [6, 6.07) is 3.89. The van der Waals surface area contributed by atoms with Crippen LogP contribution in [0.25, 0.3) is 21.3 Å². The number of H-pyrrole nitrogens is 1. The second-order valence-corrected chi connectivity index (χ2v) is 5.29. The van der Waals surface area contributed by atoms with Crippen molar-refractivity contribution in [1.29, 1.82) is 0 Å². The van der Waals surface area contributed by atoms with Crippen LogP contribution < -0.4 is 0 Å². The molecule has 7 heteroatoms. The van der Waals surface area contributed by atoms with E-state index < -0.39 is 0 Å². The first-order valence-corrected chi connectivity index (χ1v) is 7.04. The SMILES string of the molecule is CCn1c(-c2cnc(-c3cccnc3)s2)n[nH]c1=S. The van der Waals surface area contributed by atoms with Crippen molar-refractivity contribution in [3.63, 3.8) is 0 Å². The number of pyridine rings is 1. The van der Waals surface area contributed by atoms with Crippen molar-refractivity contribution in [2.75, 3.05) is 0 Å². The zero-order chi connectivity index (χ0) is 13.2. The van der Waals surface area contributed by atoms with Gasteiger partial charge in [0.15, 0.2) is 10.6 Å². The van der Waals surface area contributed by atoms with Crippen molar-refractivity contribution in [2.24, 2.45) is 0 Å². The van der Waals surface area contributed by atoms with Gasteiger partial charge in [0, 0.05) is 30.7 Å². The maximum atomic E-state index is 5.19. The molecule has 0 bridgehead atoms. The molecular formula is C12H11N5S2. The van der Waals surface area contributed by atoms with E-state index in [-0.39, 0.29) is 0 Å². The number of hydrogen-bond donors (Lipinski definition) is 1. The molecule has 19 heavy (non-hydrogen) atoms. The minimum absolute atomic E-state index is 0.633. The van der Waals surface area contributed by atoms with Crippen molar-refractivity contribution in [3.05, 3.63) is 35.5 Å². The van der Waals surface area contributed by atoms with Gasteiger partial charge in [-0.3, -0.25) is 14.6 Å². The van der Waals surface area contributed by atoms with Gasteiger partial charge in [0.2, 0.25) is 0 Å². The summed E-state index contributed by atoms with van der Waals surface area (Å²) in [5, 5.41) is 8.01. The lowest BCUT2D eigenvalue weighted by molar-refractivity contribution is 0.756. The van der Waals surface area contributed by atoms with E-state index in [0.29, 0.717) is 4.77 Å². The van der Waals surface area contributed by atoms with Gasteiger partial charge in [-0.05, 0) is 31.3 Å². The topological polar surface area (TPSA) is 59.4 Å². The third-order valence-corrected chi connectivity index (χ3v) is 4.06. The smallest absolute Gasteiger partial charge is 0.195 e. The molecule has 0 unspecified atom stereocenters. The molecule has 0 aromatic carbocycles. The predicted molar refractivity (Wildman–Crippen MR) is 77.4 cm³/mol. The molecule has 3 heterocycles. The summed E-state index contributed by atoms with van der Waals surface area (Å²) >= 11 is 6.77. The minimum atomic E-state index is 0.633. The lowest BCUT2D eigenvalue weighted by Gasteiger charge is -1.99. The van der Waals surface area contributed by atoms with Crippen molar-refractivity contribution in [1.82, 2.24) is 24.7 Å². The highest BCUT2D eigenvalue weighted by Gasteiger charge is 2.12. The van der Waals surface area contributed by atoms with Crippen molar-refractivity contribution < 1.29 is 0 Å². The number of hydrogen-bond acceptors (Lipinski definition) is 5. The first-order chi connectivity index (χ1) is 9.29. The summed E-state index contributed by atoms with van der Waals surface area (Å²) in [6.45, 7) is 2.82. The average Bonchev–Trinajstić information content (AvgIpc) is 3.06. The highest BCUT2D eigenvalue weighted by molar-refractivity contribution is 7.71.